The zero-order valence-corrected chi connectivity index (χ0v) is 11.7. The fourth-order valence-corrected chi connectivity index (χ4v) is 1.93. The highest BCUT2D eigenvalue weighted by Gasteiger charge is 2.13. The molecule has 2 nitrogen and oxygen atoms in total. The molecule has 0 aromatic heterocycles. The second-order valence-electron chi connectivity index (χ2n) is 5.17. The molecule has 0 heterocycles. The molecule has 2 heteroatoms. The highest BCUT2D eigenvalue weighted by Crippen LogP contribution is 2.34. The van der Waals surface area contributed by atoms with Gasteiger partial charge >= 0.3 is 0 Å². The molecule has 0 aliphatic rings. The third kappa shape index (κ3) is 3.39. The van der Waals surface area contributed by atoms with Crippen LogP contribution in [0, 0.1) is 0 Å². The number of anilines is 1. The molecule has 0 aliphatic heterocycles. The molecule has 0 saturated heterocycles. The predicted octanol–water partition coefficient (Wildman–Crippen LogP) is 4.30. The van der Waals surface area contributed by atoms with Crippen LogP contribution in [0.2, 0.25) is 0 Å². The summed E-state index contributed by atoms with van der Waals surface area (Å²) in [5.74, 6) is 1.81. The fraction of sp³-hybridized carbons (Fsp3) is 0.600. The van der Waals surface area contributed by atoms with Crippen molar-refractivity contribution in [2.75, 3.05) is 12.3 Å². The summed E-state index contributed by atoms with van der Waals surface area (Å²) in [6.45, 7) is 11.5. The van der Waals surface area contributed by atoms with Crippen LogP contribution in [0.5, 0.6) is 5.75 Å². The maximum Gasteiger partial charge on any atom is 0.120 e. The first kappa shape index (κ1) is 13.9. The van der Waals surface area contributed by atoms with Gasteiger partial charge in [0, 0.05) is 5.69 Å². The van der Waals surface area contributed by atoms with Gasteiger partial charge in [0.15, 0.2) is 0 Å². The Bertz CT molecular complexity index is 340. The molecule has 0 spiro atoms. The Hall–Kier alpha value is -1.18. The van der Waals surface area contributed by atoms with E-state index < -0.39 is 0 Å². The fourth-order valence-electron chi connectivity index (χ4n) is 1.93. The Morgan fingerprint density at radius 3 is 1.88 bits per heavy atom. The van der Waals surface area contributed by atoms with E-state index in [2.05, 4.69) is 46.8 Å². The molecule has 17 heavy (non-hydrogen) atoms. The molecule has 1 aromatic rings. The summed E-state index contributed by atoms with van der Waals surface area (Å²) in [6.07, 6.45) is 1.03. The van der Waals surface area contributed by atoms with Crippen LogP contribution < -0.4 is 10.5 Å². The van der Waals surface area contributed by atoms with Gasteiger partial charge in [-0.3, -0.25) is 0 Å². The number of nitrogen functional groups attached to an aromatic ring is 1. The van der Waals surface area contributed by atoms with Crippen LogP contribution in [0.3, 0.4) is 0 Å². The Labute approximate surface area is 105 Å². The summed E-state index contributed by atoms with van der Waals surface area (Å²) >= 11 is 0. The van der Waals surface area contributed by atoms with E-state index in [1.54, 1.807) is 0 Å². The minimum Gasteiger partial charge on any atom is -0.494 e. The molecule has 0 aliphatic carbocycles. The monoisotopic (exact) mass is 235 g/mol. The third-order valence-corrected chi connectivity index (χ3v) is 2.93. The van der Waals surface area contributed by atoms with Crippen molar-refractivity contribution in [1.82, 2.24) is 0 Å². The summed E-state index contributed by atoms with van der Waals surface area (Å²) in [5.41, 5.74) is 9.55. The smallest absolute Gasteiger partial charge is 0.120 e. The Morgan fingerprint density at radius 1 is 1.06 bits per heavy atom. The van der Waals surface area contributed by atoms with Gasteiger partial charge in [-0.15, -0.1) is 0 Å². The average molecular weight is 235 g/mol. The molecule has 0 bridgehead atoms. The molecule has 2 N–H and O–H groups in total. The van der Waals surface area contributed by atoms with E-state index in [0.717, 1.165) is 24.5 Å². The molecule has 1 rings (SSSR count). The number of rotatable bonds is 5. The molecule has 0 radical (unpaired) electrons. The SMILES string of the molecule is CCCOc1cc(C(C)C)c(N)c(C(C)C)c1. The Morgan fingerprint density at radius 2 is 1.53 bits per heavy atom. The van der Waals surface area contributed by atoms with Crippen LogP contribution in [0.4, 0.5) is 5.69 Å². The molecular formula is C15H25NO. The molecular weight excluding hydrogens is 210 g/mol. The number of nitrogens with two attached hydrogens (primary N) is 1. The van der Waals surface area contributed by atoms with Gasteiger partial charge in [-0.1, -0.05) is 34.6 Å². The van der Waals surface area contributed by atoms with Gasteiger partial charge in [-0.05, 0) is 41.5 Å². The number of hydrogen-bond acceptors (Lipinski definition) is 2. The lowest BCUT2D eigenvalue weighted by atomic mass is 9.92. The zero-order chi connectivity index (χ0) is 13.0. The molecule has 0 saturated carbocycles. The van der Waals surface area contributed by atoms with Crippen LogP contribution in [0.15, 0.2) is 12.1 Å². The summed E-state index contributed by atoms with van der Waals surface area (Å²) in [5, 5.41) is 0. The molecule has 0 atom stereocenters. The highest BCUT2D eigenvalue weighted by atomic mass is 16.5. The van der Waals surface area contributed by atoms with Crippen molar-refractivity contribution >= 4 is 5.69 Å². The van der Waals surface area contributed by atoms with Gasteiger partial charge in [-0.2, -0.15) is 0 Å². The molecule has 0 amide bonds. The maximum atomic E-state index is 6.23. The third-order valence-electron chi connectivity index (χ3n) is 2.93. The minimum absolute atomic E-state index is 0.428. The predicted molar refractivity (Wildman–Crippen MR) is 74.8 cm³/mol. The van der Waals surface area contributed by atoms with Crippen molar-refractivity contribution in [2.24, 2.45) is 0 Å². The lowest BCUT2D eigenvalue weighted by Gasteiger charge is -2.18. The van der Waals surface area contributed by atoms with Gasteiger partial charge in [0.2, 0.25) is 0 Å². The van der Waals surface area contributed by atoms with Crippen molar-refractivity contribution in [1.29, 1.82) is 0 Å². The summed E-state index contributed by atoms with van der Waals surface area (Å²) in [4.78, 5) is 0. The van der Waals surface area contributed by atoms with E-state index >= 15 is 0 Å². The van der Waals surface area contributed by atoms with Crippen LogP contribution in [0.1, 0.15) is 64.0 Å². The van der Waals surface area contributed by atoms with Crippen molar-refractivity contribution in [3.8, 4) is 5.75 Å². The van der Waals surface area contributed by atoms with Gasteiger partial charge < -0.3 is 10.5 Å². The van der Waals surface area contributed by atoms with E-state index in [9.17, 15) is 0 Å². The van der Waals surface area contributed by atoms with Gasteiger partial charge in [0.05, 0.1) is 6.61 Å². The largest absolute Gasteiger partial charge is 0.494 e. The topological polar surface area (TPSA) is 35.2 Å². The Kier molecular flexibility index (Phi) is 4.86. The Balaban J connectivity index is 3.17. The first-order valence-corrected chi connectivity index (χ1v) is 6.53. The molecule has 1 aromatic carbocycles. The van der Waals surface area contributed by atoms with Crippen LogP contribution in [0.25, 0.3) is 0 Å². The van der Waals surface area contributed by atoms with Crippen LogP contribution in [-0.2, 0) is 0 Å². The zero-order valence-electron chi connectivity index (χ0n) is 11.7. The van der Waals surface area contributed by atoms with Crippen molar-refractivity contribution in [3.05, 3.63) is 23.3 Å². The lowest BCUT2D eigenvalue weighted by molar-refractivity contribution is 0.316. The maximum absolute atomic E-state index is 6.23. The number of ether oxygens (including phenoxy) is 1. The first-order chi connectivity index (χ1) is 7.97. The molecule has 96 valence electrons. The van der Waals surface area contributed by atoms with Crippen LogP contribution in [-0.4, -0.2) is 6.61 Å². The van der Waals surface area contributed by atoms with E-state index in [-0.39, 0.29) is 0 Å². The van der Waals surface area contributed by atoms with E-state index in [1.807, 2.05) is 0 Å². The summed E-state index contributed by atoms with van der Waals surface area (Å²) < 4.78 is 5.74. The number of hydrogen-bond donors (Lipinski definition) is 1. The van der Waals surface area contributed by atoms with Crippen molar-refractivity contribution in [2.45, 2.75) is 52.9 Å². The summed E-state index contributed by atoms with van der Waals surface area (Å²) in [7, 11) is 0. The van der Waals surface area contributed by atoms with Crippen molar-refractivity contribution in [3.63, 3.8) is 0 Å². The second kappa shape index (κ2) is 5.95. The molecule has 0 fully saturated rings. The summed E-state index contributed by atoms with van der Waals surface area (Å²) in [6, 6.07) is 4.17. The quantitative estimate of drug-likeness (QED) is 0.772. The normalized spacial score (nSPS) is 11.2. The van der Waals surface area contributed by atoms with Gasteiger partial charge in [-0.25, -0.2) is 0 Å². The van der Waals surface area contributed by atoms with Crippen LogP contribution >= 0.6 is 0 Å². The minimum atomic E-state index is 0.428. The lowest BCUT2D eigenvalue weighted by Crippen LogP contribution is -2.05. The first-order valence-electron chi connectivity index (χ1n) is 6.53. The van der Waals surface area contributed by atoms with Crippen molar-refractivity contribution < 1.29 is 4.74 Å². The average Bonchev–Trinajstić information content (AvgIpc) is 2.26. The molecule has 0 unspecified atom stereocenters. The van der Waals surface area contributed by atoms with Gasteiger partial charge in [0.25, 0.3) is 0 Å². The van der Waals surface area contributed by atoms with E-state index in [0.29, 0.717) is 11.8 Å². The van der Waals surface area contributed by atoms with Gasteiger partial charge in [0.1, 0.15) is 5.75 Å². The number of benzene rings is 1. The highest BCUT2D eigenvalue weighted by molar-refractivity contribution is 5.59. The standard InChI is InChI=1S/C15H25NO/c1-6-7-17-12-8-13(10(2)3)15(16)14(9-12)11(4)5/h8-11H,6-7,16H2,1-5H3. The van der Waals surface area contributed by atoms with E-state index in [1.165, 1.54) is 11.1 Å². The second-order valence-corrected chi connectivity index (χ2v) is 5.17. The van der Waals surface area contributed by atoms with E-state index in [4.69, 9.17) is 10.5 Å².